The predicted octanol–water partition coefficient (Wildman–Crippen LogP) is -3.91. The van der Waals surface area contributed by atoms with Gasteiger partial charge in [-0.2, -0.15) is 0 Å². The number of nitrogens with zero attached hydrogens (tertiary/aromatic N) is 8. The highest BCUT2D eigenvalue weighted by Gasteiger charge is 2.55. The van der Waals surface area contributed by atoms with E-state index in [9.17, 15) is 19.7 Å². The van der Waals surface area contributed by atoms with Crippen LogP contribution >= 0.6 is 13.5 Å². The minimum atomic E-state index is -4.40. The molecule has 6 N–H and O–H groups in total. The summed E-state index contributed by atoms with van der Waals surface area (Å²) in [4.78, 5) is 41.5. The summed E-state index contributed by atoms with van der Waals surface area (Å²) in [6.45, 7) is -9.89. The molecule has 0 aromatic rings. The van der Waals surface area contributed by atoms with Gasteiger partial charge in [-0.1, -0.05) is 11.8 Å². The van der Waals surface area contributed by atoms with Crippen molar-refractivity contribution in [2.24, 2.45) is 41.4 Å². The van der Waals surface area contributed by atoms with Crippen LogP contribution in [0.3, 0.4) is 0 Å². The molecule has 7 heterocycles. The zero-order chi connectivity index (χ0) is 31.0. The van der Waals surface area contributed by atoms with E-state index < -0.39 is 100 Å². The summed E-state index contributed by atoms with van der Waals surface area (Å²) in [7, 11) is 0. The zero-order valence-electron chi connectivity index (χ0n) is 22.3. The van der Waals surface area contributed by atoms with Gasteiger partial charge in [0, 0.05) is 0 Å². The van der Waals surface area contributed by atoms with E-state index in [4.69, 9.17) is 63.1 Å². The van der Waals surface area contributed by atoms with Gasteiger partial charge in [-0.25, -0.2) is 20.0 Å². The third-order valence-corrected chi connectivity index (χ3v) is 10.9. The number of hydrogen-bond donors (Lipinski definition) is 4. The lowest BCUT2D eigenvalue weighted by Crippen LogP contribution is -2.52. The van der Waals surface area contributed by atoms with Gasteiger partial charge in [-0.05, 0) is 0 Å². The van der Waals surface area contributed by atoms with E-state index in [0.29, 0.717) is 0 Å². The van der Waals surface area contributed by atoms with E-state index in [1.807, 2.05) is 0 Å². The van der Waals surface area contributed by atoms with Gasteiger partial charge in [0.15, 0.2) is 31.6 Å². The van der Waals surface area contributed by atoms with Crippen molar-refractivity contribution < 1.29 is 47.2 Å². The second kappa shape index (κ2) is 11.4. The molecule has 24 heteroatoms. The van der Waals surface area contributed by atoms with Crippen LogP contribution in [-0.2, 0) is 56.2 Å². The quantitative estimate of drug-likeness (QED) is 0.159. The van der Waals surface area contributed by atoms with Crippen LogP contribution in [-0.4, -0.2) is 144 Å². The van der Waals surface area contributed by atoms with Crippen molar-refractivity contribution in [3.63, 3.8) is 0 Å². The Labute approximate surface area is 259 Å². The Kier molecular flexibility index (Phi) is 7.97. The summed E-state index contributed by atoms with van der Waals surface area (Å²) < 4.78 is 47.6. The molecule has 0 amide bonds. The largest absolute Gasteiger partial charge is 0.780 e. The maximum atomic E-state index is 13.5. The van der Waals surface area contributed by atoms with Crippen molar-refractivity contribution in [3.8, 4) is 0 Å². The van der Waals surface area contributed by atoms with Gasteiger partial charge in [0.25, 0.3) is 0 Å². The molecule has 0 radical (unpaired) electrons. The van der Waals surface area contributed by atoms with Crippen LogP contribution < -0.4 is 16.4 Å². The van der Waals surface area contributed by atoms with Crippen molar-refractivity contribution in [2.45, 2.75) is 73.5 Å². The van der Waals surface area contributed by atoms with Crippen molar-refractivity contribution in [1.29, 1.82) is 0 Å². The molecule has 3 saturated heterocycles. The van der Waals surface area contributed by atoms with Crippen molar-refractivity contribution >= 4 is 74.6 Å². The number of aliphatic hydroxyl groups excluding tert-OH is 2. The van der Waals surface area contributed by atoms with E-state index in [1.54, 1.807) is 0 Å². The third-order valence-electron chi connectivity index (χ3n) is 7.86. The highest BCUT2D eigenvalue weighted by atomic mass is 32.7. The van der Waals surface area contributed by atoms with Crippen molar-refractivity contribution in [2.75, 3.05) is 13.2 Å². The molecule has 240 valence electrons. The van der Waals surface area contributed by atoms with Gasteiger partial charge < -0.3 is 76.2 Å². The molecule has 20 nitrogen and oxygen atoms in total. The molecular formula is C20H26N10O10P2S2-2. The Morgan fingerprint density at radius 1 is 0.864 bits per heavy atom. The van der Waals surface area contributed by atoms with Crippen LogP contribution in [0.2, 0.25) is 0 Å². The standard InChI is InChI=1S/C20H28N10O10P2S2/c21-15-9-17(25-3-23-15)29(5-27-9)19-12(32)13-8(38-19)2-36-42(34,44)40-14-11(31)7(1-35-41(33,43)39-13)37-20(14)30-6-28-10-16(22)24-4-26-18(10)30/h3-14,17-20,31-32H,1-2H2,(H,33,43)(H,34,44)(H2,21,23,25)(H2,22,24,26)/p-2. The van der Waals surface area contributed by atoms with E-state index in [2.05, 4.69) is 30.0 Å². The molecule has 14 atom stereocenters. The lowest BCUT2D eigenvalue weighted by Gasteiger charge is -2.38. The molecule has 3 fully saturated rings. The average Bonchev–Trinajstić information content (AvgIpc) is 3.73. The first kappa shape index (κ1) is 30.7. The van der Waals surface area contributed by atoms with Crippen LogP contribution in [0.4, 0.5) is 0 Å². The minimum Gasteiger partial charge on any atom is -0.780 e. The van der Waals surface area contributed by atoms with Crippen LogP contribution in [0.5, 0.6) is 0 Å². The summed E-state index contributed by atoms with van der Waals surface area (Å²) in [6, 6.07) is -1.25. The smallest absolute Gasteiger partial charge is 0.200 e. The molecule has 2 bridgehead atoms. The van der Waals surface area contributed by atoms with Crippen LogP contribution in [0.25, 0.3) is 0 Å². The number of amidine groups is 2. The second-order valence-corrected chi connectivity index (χ2v) is 15.9. The zero-order valence-corrected chi connectivity index (χ0v) is 25.7. The summed E-state index contributed by atoms with van der Waals surface area (Å²) in [5.41, 5.74) is 11.9. The number of fused-ring (bicyclic) bond motifs is 5. The maximum Gasteiger partial charge on any atom is 0.200 e. The van der Waals surface area contributed by atoms with Crippen molar-refractivity contribution in [1.82, 2.24) is 9.80 Å². The summed E-state index contributed by atoms with van der Waals surface area (Å²) >= 11 is 10.3. The molecule has 0 aromatic carbocycles. The third kappa shape index (κ3) is 5.44. The second-order valence-electron chi connectivity index (χ2n) is 10.5. The first-order valence-electron chi connectivity index (χ1n) is 13.2. The summed E-state index contributed by atoms with van der Waals surface area (Å²) in [5.74, 6) is 0.420. The first-order chi connectivity index (χ1) is 20.9. The molecule has 7 rings (SSSR count). The molecule has 0 spiro atoms. The van der Waals surface area contributed by atoms with Crippen molar-refractivity contribution in [3.05, 3.63) is 0 Å². The van der Waals surface area contributed by atoms with Crippen LogP contribution in [0, 0.1) is 0 Å². The Morgan fingerprint density at radius 3 is 2.07 bits per heavy atom. The summed E-state index contributed by atoms with van der Waals surface area (Å²) in [5, 5.41) is 22.4. The molecular weight excluding hydrogens is 666 g/mol. The van der Waals surface area contributed by atoms with Gasteiger partial charge >= 0.3 is 0 Å². The van der Waals surface area contributed by atoms with Crippen LogP contribution in [0.1, 0.15) is 0 Å². The normalized spacial score (nSPS) is 49.9. The lowest BCUT2D eigenvalue weighted by atomic mass is 10.1. The highest BCUT2D eigenvalue weighted by Crippen LogP contribution is 2.52. The number of ether oxygens (including phenoxy) is 2. The number of hydrogen-bond acceptors (Lipinski definition) is 22. The highest BCUT2D eigenvalue weighted by molar-refractivity contribution is 8.32. The Hall–Kier alpha value is -1.91. The minimum absolute atomic E-state index is 0.206. The maximum absolute atomic E-state index is 13.5. The Balaban J connectivity index is 1.13. The fourth-order valence-electron chi connectivity index (χ4n) is 5.74. The van der Waals surface area contributed by atoms with Gasteiger partial charge in [-0.3, -0.25) is 14.5 Å². The molecule has 14 unspecified atom stereocenters. The topological polar surface area (TPSA) is 269 Å². The van der Waals surface area contributed by atoms with Gasteiger partial charge in [0.2, 0.25) is 0 Å². The average molecular weight is 693 g/mol. The van der Waals surface area contributed by atoms with E-state index in [0.717, 1.165) is 0 Å². The fraction of sp³-hybridized carbons (Fsp3) is 0.700. The SMILES string of the molecule is NC1=NC=NC2C1N=CN2C1OC2COP([O-])(=S)OC3C(O)C(COP(=O)([S-])OC2C1O)OC3N1C=NC2C(N)=NC=NC21. The molecule has 0 aromatic heterocycles. The fourth-order valence-corrected chi connectivity index (χ4v) is 8.57. The molecule has 0 saturated carbocycles. The molecule has 0 aliphatic carbocycles. The predicted molar refractivity (Wildman–Crippen MR) is 156 cm³/mol. The molecule has 44 heavy (non-hydrogen) atoms. The van der Waals surface area contributed by atoms with Gasteiger partial charge in [0.1, 0.15) is 79.8 Å². The number of aliphatic hydroxyl groups is 2. The number of nitrogens with two attached hydrogens (primary N) is 2. The van der Waals surface area contributed by atoms with E-state index in [1.165, 1.54) is 35.2 Å². The van der Waals surface area contributed by atoms with Gasteiger partial charge in [-0.15, -0.1) is 0 Å². The van der Waals surface area contributed by atoms with E-state index >= 15 is 0 Å². The lowest BCUT2D eigenvalue weighted by molar-refractivity contribution is -0.219. The Bertz CT molecular complexity index is 1470. The Morgan fingerprint density at radius 2 is 1.43 bits per heavy atom. The van der Waals surface area contributed by atoms with Crippen LogP contribution in [0.15, 0.2) is 30.0 Å². The van der Waals surface area contributed by atoms with Gasteiger partial charge in [0.05, 0.1) is 25.9 Å². The van der Waals surface area contributed by atoms with E-state index in [-0.39, 0.29) is 11.7 Å². The number of rotatable bonds is 2. The monoisotopic (exact) mass is 692 g/mol. The summed E-state index contributed by atoms with van der Waals surface area (Å²) in [6.07, 6.45) is -6.67. The molecule has 7 aliphatic rings. The molecule has 7 aliphatic heterocycles. The first-order valence-corrected chi connectivity index (χ1v) is 18.3. The number of aliphatic imine (C=N–C) groups is 6.